The first-order valence-electron chi connectivity index (χ1n) is 7.82. The fourth-order valence-electron chi connectivity index (χ4n) is 3.23. The first kappa shape index (κ1) is 16.0. The molecule has 1 aliphatic rings. The molecule has 1 aromatic rings. The number of hydrogen-bond acceptors (Lipinski definition) is 4. The molecule has 0 aliphatic carbocycles. The van der Waals surface area contributed by atoms with Crippen LogP contribution in [0, 0.1) is 0 Å². The minimum absolute atomic E-state index is 0.156. The van der Waals surface area contributed by atoms with E-state index in [1.807, 2.05) is 0 Å². The molecule has 2 rings (SSSR count). The van der Waals surface area contributed by atoms with Gasteiger partial charge in [0.25, 0.3) is 0 Å². The van der Waals surface area contributed by atoms with Crippen molar-refractivity contribution in [3.63, 3.8) is 0 Å². The van der Waals surface area contributed by atoms with E-state index in [1.165, 1.54) is 12.7 Å². The Hall–Kier alpha value is -1.39. The number of piperazine rings is 1. The van der Waals surface area contributed by atoms with Crippen molar-refractivity contribution in [3.05, 3.63) is 35.4 Å². The van der Waals surface area contributed by atoms with Crippen LogP contribution >= 0.6 is 0 Å². The Balaban J connectivity index is 2.44. The molecule has 0 radical (unpaired) electrons. The molecule has 1 fully saturated rings. The van der Waals surface area contributed by atoms with Crippen molar-refractivity contribution in [2.75, 3.05) is 33.3 Å². The van der Waals surface area contributed by atoms with Gasteiger partial charge in [0.05, 0.1) is 7.11 Å². The van der Waals surface area contributed by atoms with Crippen LogP contribution in [0.3, 0.4) is 0 Å². The van der Waals surface area contributed by atoms with Gasteiger partial charge in [-0.1, -0.05) is 38.1 Å². The van der Waals surface area contributed by atoms with E-state index < -0.39 is 5.54 Å². The monoisotopic (exact) mass is 290 g/mol. The molecule has 1 unspecified atom stereocenters. The van der Waals surface area contributed by atoms with Crippen molar-refractivity contribution in [2.24, 2.45) is 0 Å². The van der Waals surface area contributed by atoms with Crippen LogP contribution in [-0.2, 0) is 21.5 Å². The van der Waals surface area contributed by atoms with Gasteiger partial charge in [0.15, 0.2) is 0 Å². The summed E-state index contributed by atoms with van der Waals surface area (Å²) in [5, 5.41) is 3.34. The molecular formula is C17H26N2O2. The number of benzene rings is 1. The van der Waals surface area contributed by atoms with Crippen molar-refractivity contribution in [3.8, 4) is 0 Å². The first-order valence-corrected chi connectivity index (χ1v) is 7.82. The van der Waals surface area contributed by atoms with E-state index in [0.717, 1.165) is 38.2 Å². The number of carbonyl (C=O) groups is 1. The molecule has 0 aromatic heterocycles. The van der Waals surface area contributed by atoms with E-state index in [9.17, 15) is 4.79 Å². The molecule has 1 heterocycles. The summed E-state index contributed by atoms with van der Waals surface area (Å²) < 4.78 is 5.17. The second kappa shape index (κ2) is 7.05. The van der Waals surface area contributed by atoms with Gasteiger partial charge in [-0.15, -0.1) is 0 Å². The molecule has 0 amide bonds. The summed E-state index contributed by atoms with van der Waals surface area (Å²) in [6.07, 6.45) is 1.72. The van der Waals surface area contributed by atoms with Crippen molar-refractivity contribution < 1.29 is 9.53 Å². The number of ether oxygens (including phenoxy) is 1. The molecule has 4 heteroatoms. The number of nitrogens with zero attached hydrogens (tertiary/aromatic N) is 1. The highest BCUT2D eigenvalue weighted by molar-refractivity contribution is 5.82. The van der Waals surface area contributed by atoms with Crippen LogP contribution in [0.15, 0.2) is 24.3 Å². The van der Waals surface area contributed by atoms with Crippen LogP contribution in [0.5, 0.6) is 0 Å². The molecule has 116 valence electrons. The third-order valence-electron chi connectivity index (χ3n) is 4.53. The van der Waals surface area contributed by atoms with Gasteiger partial charge in [0, 0.05) is 26.2 Å². The van der Waals surface area contributed by atoms with Gasteiger partial charge in [0.1, 0.15) is 5.54 Å². The fourth-order valence-corrected chi connectivity index (χ4v) is 3.23. The van der Waals surface area contributed by atoms with E-state index in [2.05, 4.69) is 48.3 Å². The zero-order valence-electron chi connectivity index (χ0n) is 13.3. The maximum absolute atomic E-state index is 12.6. The summed E-state index contributed by atoms with van der Waals surface area (Å²) in [6.45, 7) is 7.74. The van der Waals surface area contributed by atoms with Gasteiger partial charge in [-0.2, -0.15) is 0 Å². The predicted octanol–water partition coefficient (Wildman–Crippen LogP) is 1.93. The maximum atomic E-state index is 12.6. The number of hydrogen-bond donors (Lipinski definition) is 1. The first-order chi connectivity index (χ1) is 10.2. The Kier molecular flexibility index (Phi) is 5.37. The average molecular weight is 290 g/mol. The van der Waals surface area contributed by atoms with E-state index in [4.69, 9.17) is 4.74 Å². The summed E-state index contributed by atoms with van der Waals surface area (Å²) in [5.74, 6) is -0.156. The highest BCUT2D eigenvalue weighted by Crippen LogP contribution is 2.34. The third-order valence-corrected chi connectivity index (χ3v) is 4.53. The highest BCUT2D eigenvalue weighted by Gasteiger charge is 2.45. The molecule has 1 N–H and O–H groups in total. The van der Waals surface area contributed by atoms with Gasteiger partial charge in [-0.05, 0) is 24.0 Å². The summed E-state index contributed by atoms with van der Waals surface area (Å²) in [7, 11) is 1.48. The van der Waals surface area contributed by atoms with E-state index >= 15 is 0 Å². The van der Waals surface area contributed by atoms with E-state index in [-0.39, 0.29) is 5.97 Å². The number of nitrogens with one attached hydrogen (secondary N) is 1. The summed E-state index contributed by atoms with van der Waals surface area (Å²) >= 11 is 0. The van der Waals surface area contributed by atoms with Crippen LogP contribution in [0.4, 0.5) is 0 Å². The van der Waals surface area contributed by atoms with Gasteiger partial charge in [0.2, 0.25) is 0 Å². The molecule has 1 aliphatic heterocycles. The Bertz CT molecular complexity index is 466. The largest absolute Gasteiger partial charge is 0.467 e. The van der Waals surface area contributed by atoms with Crippen molar-refractivity contribution in [1.29, 1.82) is 0 Å². The summed E-state index contributed by atoms with van der Waals surface area (Å²) in [4.78, 5) is 14.9. The van der Waals surface area contributed by atoms with Crippen molar-refractivity contribution in [1.82, 2.24) is 10.2 Å². The lowest BCUT2D eigenvalue weighted by atomic mass is 9.84. The normalized spacial score (nSPS) is 19.0. The van der Waals surface area contributed by atoms with Crippen LogP contribution in [0.1, 0.15) is 31.4 Å². The Morgan fingerprint density at radius 1 is 1.24 bits per heavy atom. The SMILES string of the molecule is CCc1ccc(C(CC)(C(=O)OC)N2CCNCC2)cc1. The third kappa shape index (κ3) is 2.97. The standard InChI is InChI=1S/C17H26N2O2/c1-4-14-6-8-15(9-7-14)17(5-2,16(20)21-3)19-12-10-18-11-13-19/h6-9,18H,4-5,10-13H2,1-3H3. The van der Waals surface area contributed by atoms with Crippen LogP contribution in [0.2, 0.25) is 0 Å². The van der Waals surface area contributed by atoms with Gasteiger partial charge in [-0.3, -0.25) is 4.90 Å². The molecule has 21 heavy (non-hydrogen) atoms. The van der Waals surface area contributed by atoms with Gasteiger partial charge >= 0.3 is 5.97 Å². The second-order valence-electron chi connectivity index (χ2n) is 5.49. The van der Waals surface area contributed by atoms with E-state index in [0.29, 0.717) is 6.42 Å². The minimum atomic E-state index is -0.664. The summed E-state index contributed by atoms with van der Waals surface area (Å²) in [5.41, 5.74) is 1.66. The van der Waals surface area contributed by atoms with Crippen LogP contribution in [0.25, 0.3) is 0 Å². The quantitative estimate of drug-likeness (QED) is 0.842. The molecule has 1 atom stereocenters. The van der Waals surface area contributed by atoms with E-state index in [1.54, 1.807) is 0 Å². The maximum Gasteiger partial charge on any atom is 0.330 e. The number of methoxy groups -OCH3 is 1. The van der Waals surface area contributed by atoms with Crippen LogP contribution in [-0.4, -0.2) is 44.2 Å². The highest BCUT2D eigenvalue weighted by atomic mass is 16.5. The number of carbonyl (C=O) groups excluding carboxylic acids is 1. The number of esters is 1. The van der Waals surface area contributed by atoms with Crippen LogP contribution < -0.4 is 5.32 Å². The Morgan fingerprint density at radius 3 is 2.33 bits per heavy atom. The predicted molar refractivity (Wildman–Crippen MR) is 84.2 cm³/mol. The lowest BCUT2D eigenvalue weighted by molar-refractivity contribution is -0.157. The smallest absolute Gasteiger partial charge is 0.330 e. The lowest BCUT2D eigenvalue weighted by Crippen LogP contribution is -2.58. The number of aryl methyl sites for hydroxylation is 1. The topological polar surface area (TPSA) is 41.6 Å². The lowest BCUT2D eigenvalue weighted by Gasteiger charge is -2.43. The molecular weight excluding hydrogens is 264 g/mol. The minimum Gasteiger partial charge on any atom is -0.467 e. The zero-order chi connectivity index (χ0) is 15.3. The molecule has 4 nitrogen and oxygen atoms in total. The Labute approximate surface area is 127 Å². The molecule has 1 saturated heterocycles. The fraction of sp³-hybridized carbons (Fsp3) is 0.588. The zero-order valence-corrected chi connectivity index (χ0v) is 13.3. The summed E-state index contributed by atoms with van der Waals surface area (Å²) in [6, 6.07) is 8.40. The van der Waals surface area contributed by atoms with Gasteiger partial charge in [-0.25, -0.2) is 4.79 Å². The second-order valence-corrected chi connectivity index (χ2v) is 5.49. The average Bonchev–Trinajstić information content (AvgIpc) is 2.57. The molecule has 0 saturated carbocycles. The molecule has 0 spiro atoms. The molecule has 1 aromatic carbocycles. The van der Waals surface area contributed by atoms with Crippen molar-refractivity contribution in [2.45, 2.75) is 32.2 Å². The Morgan fingerprint density at radius 2 is 1.86 bits per heavy atom. The van der Waals surface area contributed by atoms with Gasteiger partial charge < -0.3 is 10.1 Å². The number of rotatable bonds is 5. The molecule has 0 bridgehead atoms. The van der Waals surface area contributed by atoms with Crippen molar-refractivity contribution >= 4 is 5.97 Å².